The van der Waals surface area contributed by atoms with Gasteiger partial charge in [-0.15, -0.1) is 12.4 Å². The third-order valence-corrected chi connectivity index (χ3v) is 4.37. The summed E-state index contributed by atoms with van der Waals surface area (Å²) in [6.07, 6.45) is 4.90. The van der Waals surface area contributed by atoms with E-state index >= 15 is 0 Å². The van der Waals surface area contributed by atoms with Crippen molar-refractivity contribution >= 4 is 18.3 Å². The Morgan fingerprint density at radius 2 is 2.00 bits per heavy atom. The van der Waals surface area contributed by atoms with Crippen LogP contribution in [0.5, 0.6) is 0 Å². The number of hydrogen-bond donors (Lipinski definition) is 2. The molecule has 6 heteroatoms. The number of rotatable bonds is 6. The molecule has 0 unspecified atom stereocenters. The molecule has 2 fully saturated rings. The summed E-state index contributed by atoms with van der Waals surface area (Å²) in [4.78, 5) is 11.8. The van der Waals surface area contributed by atoms with Crippen LogP contribution in [0.2, 0.25) is 0 Å². The van der Waals surface area contributed by atoms with Crippen LogP contribution in [-0.2, 0) is 14.3 Å². The largest absolute Gasteiger partial charge is 0.381 e. The van der Waals surface area contributed by atoms with Gasteiger partial charge in [0.25, 0.3) is 0 Å². The van der Waals surface area contributed by atoms with Crippen LogP contribution in [0.1, 0.15) is 39.0 Å². The van der Waals surface area contributed by atoms with E-state index in [9.17, 15) is 4.79 Å². The van der Waals surface area contributed by atoms with E-state index in [0.717, 1.165) is 58.5 Å². The highest BCUT2D eigenvalue weighted by Gasteiger charge is 2.26. The van der Waals surface area contributed by atoms with E-state index < -0.39 is 0 Å². The molecule has 21 heavy (non-hydrogen) atoms. The van der Waals surface area contributed by atoms with Crippen LogP contribution in [0.15, 0.2) is 0 Å². The normalized spacial score (nSPS) is 22.3. The zero-order chi connectivity index (χ0) is 14.3. The lowest BCUT2D eigenvalue weighted by atomic mass is 9.81. The lowest BCUT2D eigenvalue weighted by Gasteiger charge is -2.34. The molecular weight excluding hydrogens is 292 g/mol. The quantitative estimate of drug-likeness (QED) is 0.778. The number of halogens is 1. The maximum absolute atomic E-state index is 11.8. The Balaban J connectivity index is 0.00000220. The SMILES string of the molecule is CC1(CNC(=O)CCOC2CCOCC2)CCNCC1.Cl. The van der Waals surface area contributed by atoms with Crippen LogP contribution in [0.4, 0.5) is 0 Å². The average Bonchev–Trinajstić information content (AvgIpc) is 2.47. The molecule has 2 saturated heterocycles. The molecular formula is C15H29ClN2O3. The second-order valence-corrected chi connectivity index (χ2v) is 6.27. The van der Waals surface area contributed by atoms with Gasteiger partial charge in [0.15, 0.2) is 0 Å². The fourth-order valence-corrected chi connectivity index (χ4v) is 2.77. The molecule has 2 heterocycles. The number of carbonyl (C=O) groups excluding carboxylic acids is 1. The van der Waals surface area contributed by atoms with E-state index in [2.05, 4.69) is 17.6 Å². The molecule has 0 saturated carbocycles. The van der Waals surface area contributed by atoms with Crippen molar-refractivity contribution in [2.24, 2.45) is 5.41 Å². The third kappa shape index (κ3) is 6.96. The summed E-state index contributed by atoms with van der Waals surface area (Å²) in [5, 5.41) is 6.41. The van der Waals surface area contributed by atoms with E-state index in [1.807, 2.05) is 0 Å². The Morgan fingerprint density at radius 3 is 2.67 bits per heavy atom. The molecule has 124 valence electrons. The Kier molecular flexibility index (Phi) is 8.56. The molecule has 2 aliphatic rings. The van der Waals surface area contributed by atoms with Crippen molar-refractivity contribution < 1.29 is 14.3 Å². The molecule has 2 N–H and O–H groups in total. The monoisotopic (exact) mass is 320 g/mol. The molecule has 0 bridgehead atoms. The number of carbonyl (C=O) groups is 1. The fraction of sp³-hybridized carbons (Fsp3) is 0.933. The van der Waals surface area contributed by atoms with Crippen molar-refractivity contribution in [3.63, 3.8) is 0 Å². The highest BCUT2D eigenvalue weighted by molar-refractivity contribution is 5.85. The van der Waals surface area contributed by atoms with Gasteiger partial charge in [0, 0.05) is 26.2 Å². The van der Waals surface area contributed by atoms with Gasteiger partial charge in [0.2, 0.25) is 5.91 Å². The third-order valence-electron chi connectivity index (χ3n) is 4.37. The molecule has 0 radical (unpaired) electrons. The van der Waals surface area contributed by atoms with Crippen LogP contribution in [-0.4, -0.2) is 51.5 Å². The molecule has 0 spiro atoms. The van der Waals surface area contributed by atoms with Gasteiger partial charge < -0.3 is 20.1 Å². The Bertz CT molecular complexity index is 303. The van der Waals surface area contributed by atoms with Crippen LogP contribution in [0.3, 0.4) is 0 Å². The number of ether oxygens (including phenoxy) is 2. The topological polar surface area (TPSA) is 59.6 Å². The minimum atomic E-state index is 0. The van der Waals surface area contributed by atoms with Crippen molar-refractivity contribution in [1.82, 2.24) is 10.6 Å². The number of piperidine rings is 1. The summed E-state index contributed by atoms with van der Waals surface area (Å²) in [6, 6.07) is 0. The summed E-state index contributed by atoms with van der Waals surface area (Å²) in [5.41, 5.74) is 0.252. The zero-order valence-electron chi connectivity index (χ0n) is 13.0. The first-order chi connectivity index (χ1) is 9.68. The molecule has 0 aliphatic carbocycles. The van der Waals surface area contributed by atoms with Gasteiger partial charge >= 0.3 is 0 Å². The number of hydrogen-bond acceptors (Lipinski definition) is 4. The lowest BCUT2D eigenvalue weighted by molar-refractivity contribution is -0.123. The van der Waals surface area contributed by atoms with Gasteiger partial charge in [0.1, 0.15) is 0 Å². The van der Waals surface area contributed by atoms with E-state index in [-0.39, 0.29) is 29.8 Å². The van der Waals surface area contributed by atoms with Gasteiger partial charge in [-0.1, -0.05) is 6.92 Å². The molecule has 2 rings (SSSR count). The molecule has 2 aliphatic heterocycles. The van der Waals surface area contributed by atoms with E-state index in [4.69, 9.17) is 9.47 Å². The van der Waals surface area contributed by atoms with Crippen molar-refractivity contribution in [2.75, 3.05) is 39.5 Å². The van der Waals surface area contributed by atoms with Crippen LogP contribution in [0, 0.1) is 5.41 Å². The van der Waals surface area contributed by atoms with Crippen molar-refractivity contribution in [1.29, 1.82) is 0 Å². The predicted molar refractivity (Wildman–Crippen MR) is 84.9 cm³/mol. The van der Waals surface area contributed by atoms with Crippen molar-refractivity contribution in [3.05, 3.63) is 0 Å². The van der Waals surface area contributed by atoms with Gasteiger partial charge in [-0.3, -0.25) is 4.79 Å². The fourth-order valence-electron chi connectivity index (χ4n) is 2.77. The molecule has 5 nitrogen and oxygen atoms in total. The summed E-state index contributed by atoms with van der Waals surface area (Å²) in [6.45, 7) is 7.23. The van der Waals surface area contributed by atoms with E-state index in [0.29, 0.717) is 13.0 Å². The highest BCUT2D eigenvalue weighted by Crippen LogP contribution is 2.26. The number of amides is 1. The first kappa shape index (κ1) is 18.7. The smallest absolute Gasteiger partial charge is 0.222 e. The van der Waals surface area contributed by atoms with Crippen LogP contribution >= 0.6 is 12.4 Å². The number of nitrogens with one attached hydrogen (secondary N) is 2. The first-order valence-electron chi connectivity index (χ1n) is 7.85. The first-order valence-corrected chi connectivity index (χ1v) is 7.85. The van der Waals surface area contributed by atoms with Crippen molar-refractivity contribution in [3.8, 4) is 0 Å². The van der Waals surface area contributed by atoms with Gasteiger partial charge in [-0.2, -0.15) is 0 Å². The Hall–Kier alpha value is -0.360. The summed E-state index contributed by atoms with van der Waals surface area (Å²) < 4.78 is 11.0. The maximum atomic E-state index is 11.8. The minimum absolute atomic E-state index is 0. The molecule has 0 atom stereocenters. The second-order valence-electron chi connectivity index (χ2n) is 6.27. The van der Waals surface area contributed by atoms with Gasteiger partial charge in [-0.25, -0.2) is 0 Å². The van der Waals surface area contributed by atoms with Gasteiger partial charge in [-0.05, 0) is 44.2 Å². The minimum Gasteiger partial charge on any atom is -0.381 e. The van der Waals surface area contributed by atoms with E-state index in [1.54, 1.807) is 0 Å². The summed E-state index contributed by atoms with van der Waals surface area (Å²) in [5.74, 6) is 0.108. The van der Waals surface area contributed by atoms with Crippen LogP contribution < -0.4 is 10.6 Å². The summed E-state index contributed by atoms with van der Waals surface area (Å²) in [7, 11) is 0. The average molecular weight is 321 g/mol. The maximum Gasteiger partial charge on any atom is 0.222 e. The second kappa shape index (κ2) is 9.62. The standard InChI is InChI=1S/C15H28N2O3.ClH/c1-15(5-7-16-8-6-15)12-17-14(18)4-11-20-13-2-9-19-10-3-13;/h13,16H,2-12H2,1H3,(H,17,18);1H. The van der Waals surface area contributed by atoms with Crippen LogP contribution in [0.25, 0.3) is 0 Å². The van der Waals surface area contributed by atoms with E-state index in [1.165, 1.54) is 0 Å². The summed E-state index contributed by atoms with van der Waals surface area (Å²) >= 11 is 0. The van der Waals surface area contributed by atoms with Crippen molar-refractivity contribution in [2.45, 2.75) is 45.1 Å². The lowest BCUT2D eigenvalue weighted by Crippen LogP contribution is -2.43. The van der Waals surface area contributed by atoms with Gasteiger partial charge in [0.05, 0.1) is 12.7 Å². The predicted octanol–water partition coefficient (Wildman–Crippen LogP) is 1.50. The molecule has 0 aromatic carbocycles. The highest BCUT2D eigenvalue weighted by atomic mass is 35.5. The Morgan fingerprint density at radius 1 is 1.33 bits per heavy atom. The zero-order valence-corrected chi connectivity index (χ0v) is 13.8. The molecule has 0 aromatic heterocycles. The molecule has 1 amide bonds. The molecule has 0 aromatic rings. The Labute approximate surface area is 133 Å².